The number of aryl methyl sites for hydroxylation is 1. The van der Waals surface area contributed by atoms with Crippen LogP contribution in [0.15, 0.2) is 24.3 Å². The Bertz CT molecular complexity index is 1580. The third-order valence-electron chi connectivity index (χ3n) is 10.5. The Hall–Kier alpha value is -3.01. The summed E-state index contributed by atoms with van der Waals surface area (Å²) < 4.78 is 35.3. The summed E-state index contributed by atoms with van der Waals surface area (Å²) in [5.74, 6) is -0.657. The molecule has 0 bridgehead atoms. The Morgan fingerprint density at radius 2 is 1.71 bits per heavy atom. The molecule has 1 aliphatic heterocycles. The molecule has 244 valence electrons. The molecular weight excluding hydrogens is 607 g/mol. The van der Waals surface area contributed by atoms with Crippen LogP contribution in [0.2, 0.25) is 16.6 Å². The van der Waals surface area contributed by atoms with Gasteiger partial charge in [-0.25, -0.2) is 8.42 Å². The van der Waals surface area contributed by atoms with E-state index in [0.29, 0.717) is 72.1 Å². The van der Waals surface area contributed by atoms with E-state index in [-0.39, 0.29) is 36.7 Å². The average molecular weight is 654 g/mol. The van der Waals surface area contributed by atoms with Gasteiger partial charge in [0.05, 0.1) is 21.6 Å². The van der Waals surface area contributed by atoms with Gasteiger partial charge in [0.15, 0.2) is 15.5 Å². The molecule has 5 rings (SSSR count). The first-order valence-corrected chi connectivity index (χ1v) is 19.9. The van der Waals surface area contributed by atoms with E-state index in [1.807, 2.05) is 0 Å². The van der Waals surface area contributed by atoms with E-state index < -0.39 is 28.2 Å². The number of hydrogen-bond donors (Lipinski definition) is 1. The van der Waals surface area contributed by atoms with Crippen LogP contribution < -0.4 is 5.32 Å². The molecule has 0 atom stereocenters. The van der Waals surface area contributed by atoms with Gasteiger partial charge in [0.1, 0.15) is 5.69 Å². The Labute approximate surface area is 268 Å². The number of nitrogens with one attached hydrogen (secondary N) is 1. The summed E-state index contributed by atoms with van der Waals surface area (Å²) >= 11 is 0. The molecule has 10 nitrogen and oxygen atoms in total. The van der Waals surface area contributed by atoms with E-state index in [4.69, 9.17) is 9.69 Å². The van der Waals surface area contributed by atoms with Crippen molar-refractivity contribution in [1.82, 2.24) is 20.0 Å². The molecule has 1 aromatic heterocycles. The lowest BCUT2D eigenvalue weighted by molar-refractivity contribution is 0.0722. The van der Waals surface area contributed by atoms with Crippen molar-refractivity contribution in [3.8, 4) is 6.07 Å². The summed E-state index contributed by atoms with van der Waals surface area (Å²) in [6.45, 7) is 14.2. The number of sulfone groups is 1. The molecule has 3 aliphatic rings. The van der Waals surface area contributed by atoms with Crippen LogP contribution in [0.4, 0.5) is 0 Å². The molecule has 45 heavy (non-hydrogen) atoms. The topological polar surface area (TPSA) is 134 Å². The number of rotatable bonds is 12. The highest BCUT2D eigenvalue weighted by Crippen LogP contribution is 2.52. The van der Waals surface area contributed by atoms with Crippen molar-refractivity contribution in [2.24, 2.45) is 7.05 Å². The van der Waals surface area contributed by atoms with E-state index in [1.54, 1.807) is 36.2 Å². The minimum absolute atomic E-state index is 0.0189. The molecular formula is C33H47N5O5SSi. The normalized spacial score (nSPS) is 21.1. The molecule has 0 unspecified atom stereocenters. The van der Waals surface area contributed by atoms with Crippen LogP contribution in [0.1, 0.15) is 105 Å². The van der Waals surface area contributed by atoms with Gasteiger partial charge in [0.25, 0.3) is 11.8 Å². The number of fused-ring (bicyclic) bond motifs is 1. The van der Waals surface area contributed by atoms with E-state index in [1.165, 1.54) is 4.68 Å². The van der Waals surface area contributed by atoms with Crippen molar-refractivity contribution in [2.75, 3.05) is 13.1 Å². The number of nitrogens with zero attached hydrogens (tertiary/aromatic N) is 4. The number of benzene rings is 1. The summed E-state index contributed by atoms with van der Waals surface area (Å²) in [6, 6.07) is 9.03. The first-order chi connectivity index (χ1) is 21.2. The van der Waals surface area contributed by atoms with Crippen molar-refractivity contribution in [3.05, 3.63) is 52.3 Å². The van der Waals surface area contributed by atoms with Crippen LogP contribution >= 0.6 is 0 Å². The van der Waals surface area contributed by atoms with Crippen LogP contribution in [0.5, 0.6) is 0 Å². The highest BCUT2D eigenvalue weighted by atomic mass is 32.2. The van der Waals surface area contributed by atoms with Gasteiger partial charge < -0.3 is 14.6 Å². The highest BCUT2D eigenvalue weighted by molar-refractivity contribution is 7.93. The van der Waals surface area contributed by atoms with Gasteiger partial charge in [-0.3, -0.25) is 14.3 Å². The molecule has 0 radical (unpaired) electrons. The predicted octanol–water partition coefficient (Wildman–Crippen LogP) is 4.89. The van der Waals surface area contributed by atoms with E-state index in [2.05, 4.69) is 58.0 Å². The second-order valence-electron chi connectivity index (χ2n) is 14.1. The first kappa shape index (κ1) is 33.4. The fourth-order valence-corrected chi connectivity index (χ4v) is 16.0. The summed E-state index contributed by atoms with van der Waals surface area (Å²) in [5.41, 5.74) is 3.87. The van der Waals surface area contributed by atoms with Crippen molar-refractivity contribution in [3.63, 3.8) is 0 Å². The Morgan fingerprint density at radius 1 is 1.11 bits per heavy atom. The molecule has 1 aromatic carbocycles. The van der Waals surface area contributed by atoms with Crippen LogP contribution in [0.25, 0.3) is 0 Å². The van der Waals surface area contributed by atoms with Crippen molar-refractivity contribution >= 4 is 30.0 Å². The van der Waals surface area contributed by atoms with Crippen LogP contribution in [0, 0.1) is 11.3 Å². The Morgan fingerprint density at radius 3 is 2.24 bits per heavy atom. The fourth-order valence-electron chi connectivity index (χ4n) is 7.80. The number of nitriles is 1. The minimum Gasteiger partial charge on any atom is -0.413 e. The molecule has 2 saturated carbocycles. The maximum Gasteiger partial charge on any atom is 0.272 e. The van der Waals surface area contributed by atoms with Crippen molar-refractivity contribution < 1.29 is 22.4 Å². The van der Waals surface area contributed by atoms with Crippen LogP contribution in [-0.2, 0) is 34.3 Å². The highest BCUT2D eigenvalue weighted by Gasteiger charge is 2.61. The lowest BCUT2D eigenvalue weighted by Gasteiger charge is -2.48. The molecule has 2 heterocycles. The zero-order valence-electron chi connectivity index (χ0n) is 27.6. The zero-order chi connectivity index (χ0) is 32.9. The van der Waals surface area contributed by atoms with Gasteiger partial charge in [0.2, 0.25) is 8.32 Å². The second-order valence-corrected chi connectivity index (χ2v) is 22.2. The van der Waals surface area contributed by atoms with Gasteiger partial charge in [-0.05, 0) is 66.4 Å². The quantitative estimate of drug-likeness (QED) is 0.323. The Kier molecular flexibility index (Phi) is 9.12. The molecule has 1 N–H and O–H groups in total. The summed E-state index contributed by atoms with van der Waals surface area (Å²) in [4.78, 5) is 28.4. The summed E-state index contributed by atoms with van der Waals surface area (Å²) in [5, 5.41) is 15.8. The van der Waals surface area contributed by atoms with Crippen molar-refractivity contribution in [2.45, 2.75) is 113 Å². The molecule has 2 fully saturated rings. The van der Waals surface area contributed by atoms with E-state index >= 15 is 0 Å². The number of carbonyl (C=O) groups is 2. The molecule has 0 saturated heterocycles. The third kappa shape index (κ3) is 5.87. The zero-order valence-corrected chi connectivity index (χ0v) is 29.4. The fraction of sp³-hybridized carbons (Fsp3) is 0.636. The molecule has 12 heteroatoms. The lowest BCUT2D eigenvalue weighted by Crippen LogP contribution is -2.56. The maximum absolute atomic E-state index is 14.0. The number of amides is 2. The maximum atomic E-state index is 14.0. The van der Waals surface area contributed by atoms with Gasteiger partial charge in [0, 0.05) is 38.3 Å². The standard InChI is InChI=1S/C33H47N5O5SSi/c1-21(2)45(22(3)4,23(5)6)43-26-16-27(17-26)44(41,42)33(13-14-33)20-38-15-12-28-29(36-37(7)30(28)32(38)40)31(39)35-19-25-10-8-24(18-34)9-11-25/h8-11,21-23,26-27H,12-17,19-20H2,1-7H3,(H,35,39)/t26-,27-. The summed E-state index contributed by atoms with van der Waals surface area (Å²) in [7, 11) is -3.91. The minimum atomic E-state index is -3.46. The number of hydrogen-bond acceptors (Lipinski definition) is 7. The largest absolute Gasteiger partial charge is 0.413 e. The monoisotopic (exact) mass is 653 g/mol. The van der Waals surface area contributed by atoms with Crippen molar-refractivity contribution in [1.29, 1.82) is 5.26 Å². The number of aromatic nitrogens is 2. The van der Waals surface area contributed by atoms with Gasteiger partial charge in [-0.1, -0.05) is 53.7 Å². The second kappa shape index (κ2) is 12.3. The average Bonchev–Trinajstić information content (AvgIpc) is 3.68. The SMILES string of the molecule is CC(C)[Si](O[C@H]1C[C@H](S(=O)(=O)C2(CN3CCc4c(C(=O)NCc5ccc(C#N)cc5)nn(C)c4C3=O)CC2)C1)(C(C)C)C(C)C. The molecule has 2 aromatic rings. The van der Waals surface area contributed by atoms with Gasteiger partial charge >= 0.3 is 0 Å². The molecule has 2 amide bonds. The van der Waals surface area contributed by atoms with E-state index in [0.717, 1.165) is 5.56 Å². The smallest absolute Gasteiger partial charge is 0.272 e. The number of carbonyl (C=O) groups excluding carboxylic acids is 2. The third-order valence-corrected chi connectivity index (χ3v) is 19.6. The molecule has 0 spiro atoms. The summed E-state index contributed by atoms with van der Waals surface area (Å²) in [6.07, 6.45) is 2.60. The Balaban J connectivity index is 1.23. The van der Waals surface area contributed by atoms with Crippen LogP contribution in [-0.4, -0.2) is 72.4 Å². The van der Waals surface area contributed by atoms with Gasteiger partial charge in [-0.2, -0.15) is 10.4 Å². The molecule has 2 aliphatic carbocycles. The predicted molar refractivity (Wildman–Crippen MR) is 175 cm³/mol. The van der Waals surface area contributed by atoms with Gasteiger partial charge in [-0.15, -0.1) is 0 Å². The lowest BCUT2D eigenvalue weighted by atomic mass is 9.96. The first-order valence-electron chi connectivity index (χ1n) is 16.2. The van der Waals surface area contributed by atoms with E-state index in [9.17, 15) is 18.0 Å². The van der Waals surface area contributed by atoms with Crippen LogP contribution in [0.3, 0.4) is 0 Å².